The fourth-order valence-electron chi connectivity index (χ4n) is 3.15. The fourth-order valence-corrected chi connectivity index (χ4v) is 3.15. The zero-order valence-corrected chi connectivity index (χ0v) is 20.7. The summed E-state index contributed by atoms with van der Waals surface area (Å²) in [4.78, 5) is 51.6. The molecule has 2 unspecified atom stereocenters. The van der Waals surface area contributed by atoms with Gasteiger partial charge in [-0.15, -0.1) is 0 Å². The number of primary amides is 1. The van der Waals surface area contributed by atoms with Crippen molar-refractivity contribution >= 4 is 23.8 Å². The van der Waals surface area contributed by atoms with E-state index in [0.717, 1.165) is 10.5 Å². The highest BCUT2D eigenvalue weighted by molar-refractivity contribution is 5.92. The van der Waals surface area contributed by atoms with E-state index in [0.29, 0.717) is 5.56 Å². The van der Waals surface area contributed by atoms with Gasteiger partial charge in [0.2, 0.25) is 17.7 Å². The molecule has 2 atom stereocenters. The summed E-state index contributed by atoms with van der Waals surface area (Å²) in [5, 5.41) is 14.7. The second-order valence-corrected chi connectivity index (χ2v) is 9.30. The van der Waals surface area contributed by atoms with E-state index in [2.05, 4.69) is 10.6 Å². The van der Waals surface area contributed by atoms with Gasteiger partial charge in [-0.3, -0.25) is 14.4 Å². The van der Waals surface area contributed by atoms with E-state index >= 15 is 0 Å². The topological polar surface area (TPSA) is 155 Å². The van der Waals surface area contributed by atoms with E-state index in [4.69, 9.17) is 10.5 Å². The zero-order valence-electron chi connectivity index (χ0n) is 20.7. The Balaban J connectivity index is 3.41. The minimum atomic E-state index is -1.24. The van der Waals surface area contributed by atoms with Crippen LogP contribution in [0.25, 0.3) is 0 Å². The first kappa shape index (κ1) is 28.4. The lowest BCUT2D eigenvalue weighted by Gasteiger charge is -2.33. The molecular formula is C24H35N5O5. The van der Waals surface area contributed by atoms with Crippen LogP contribution in [0.1, 0.15) is 64.6 Å². The molecule has 0 heterocycles. The Bertz CT molecular complexity index is 915. The number of nitrogens with two attached hydrogens (primary N) is 1. The number of nitrogens with one attached hydrogen (secondary N) is 2. The highest BCUT2D eigenvalue weighted by Gasteiger charge is 2.36. The van der Waals surface area contributed by atoms with Crippen molar-refractivity contribution in [3.63, 3.8) is 0 Å². The van der Waals surface area contributed by atoms with Crippen molar-refractivity contribution in [3.05, 3.63) is 35.4 Å². The van der Waals surface area contributed by atoms with Crippen LogP contribution in [0, 0.1) is 18.3 Å². The molecule has 0 spiro atoms. The Morgan fingerprint density at radius 2 is 1.71 bits per heavy atom. The third-order valence-electron chi connectivity index (χ3n) is 4.58. The molecule has 1 aromatic carbocycles. The average Bonchev–Trinajstić information content (AvgIpc) is 2.69. The number of nitriles is 1. The molecule has 4 N–H and O–H groups in total. The van der Waals surface area contributed by atoms with Crippen molar-refractivity contribution in [2.75, 3.05) is 6.54 Å². The molecule has 0 aromatic heterocycles. The smallest absolute Gasteiger partial charge is 0.408 e. The van der Waals surface area contributed by atoms with Crippen LogP contribution in [0.4, 0.5) is 4.79 Å². The molecule has 0 aliphatic carbocycles. The number of amides is 4. The van der Waals surface area contributed by atoms with Crippen LogP contribution in [-0.4, -0.2) is 52.9 Å². The summed E-state index contributed by atoms with van der Waals surface area (Å²) in [6.45, 7) is 10.0. The minimum absolute atomic E-state index is 0.123. The number of alkyl carbamates (subject to hydrolysis) is 1. The normalized spacial score (nSPS) is 12.8. The highest BCUT2D eigenvalue weighted by Crippen LogP contribution is 2.24. The van der Waals surface area contributed by atoms with E-state index in [1.165, 1.54) is 0 Å². The predicted octanol–water partition coefficient (Wildman–Crippen LogP) is 2.07. The number of hydrogen-bond donors (Lipinski definition) is 3. The first-order chi connectivity index (χ1) is 15.7. The molecular weight excluding hydrogens is 438 g/mol. The Kier molecular flexibility index (Phi) is 10.5. The molecule has 0 radical (unpaired) electrons. The summed E-state index contributed by atoms with van der Waals surface area (Å²) in [7, 11) is 0. The molecule has 34 heavy (non-hydrogen) atoms. The number of carbonyl (C=O) groups excluding carboxylic acids is 4. The lowest BCUT2D eigenvalue weighted by atomic mass is 10.0. The average molecular weight is 474 g/mol. The number of aryl methyl sites for hydroxylation is 1. The van der Waals surface area contributed by atoms with E-state index in [1.54, 1.807) is 58.9 Å². The van der Waals surface area contributed by atoms with Gasteiger partial charge in [0.15, 0.2) is 0 Å². The first-order valence-electron chi connectivity index (χ1n) is 11.1. The Morgan fingerprint density at radius 1 is 1.12 bits per heavy atom. The largest absolute Gasteiger partial charge is 0.444 e. The van der Waals surface area contributed by atoms with E-state index in [9.17, 15) is 24.4 Å². The second kappa shape index (κ2) is 12.6. The Morgan fingerprint density at radius 3 is 2.18 bits per heavy atom. The molecule has 0 saturated carbocycles. The van der Waals surface area contributed by atoms with Crippen molar-refractivity contribution in [2.24, 2.45) is 5.73 Å². The molecule has 1 aromatic rings. The molecule has 4 amide bonds. The van der Waals surface area contributed by atoms with Gasteiger partial charge in [0.05, 0.1) is 6.07 Å². The van der Waals surface area contributed by atoms with Crippen LogP contribution in [-0.2, 0) is 19.1 Å². The van der Waals surface area contributed by atoms with Crippen LogP contribution in [0.15, 0.2) is 24.3 Å². The van der Waals surface area contributed by atoms with E-state index < -0.39 is 48.0 Å². The van der Waals surface area contributed by atoms with Gasteiger partial charge in [-0.1, -0.05) is 29.8 Å². The number of ether oxygens (including phenoxy) is 1. The number of carbonyl (C=O) groups is 4. The molecule has 186 valence electrons. The molecule has 0 saturated heterocycles. The van der Waals surface area contributed by atoms with Gasteiger partial charge in [-0.25, -0.2) is 4.79 Å². The van der Waals surface area contributed by atoms with Gasteiger partial charge in [0.25, 0.3) is 0 Å². The molecule has 0 fully saturated rings. The molecule has 0 aliphatic rings. The lowest BCUT2D eigenvalue weighted by molar-refractivity contribution is -0.142. The van der Waals surface area contributed by atoms with Gasteiger partial charge in [-0.2, -0.15) is 5.26 Å². The molecule has 0 aliphatic heterocycles. The van der Waals surface area contributed by atoms with Crippen molar-refractivity contribution in [2.45, 2.75) is 78.1 Å². The van der Waals surface area contributed by atoms with Gasteiger partial charge >= 0.3 is 6.09 Å². The van der Waals surface area contributed by atoms with Gasteiger partial charge in [0, 0.05) is 12.5 Å². The van der Waals surface area contributed by atoms with Crippen molar-refractivity contribution < 1.29 is 23.9 Å². The summed E-state index contributed by atoms with van der Waals surface area (Å²) < 4.78 is 5.24. The zero-order chi connectivity index (χ0) is 26.1. The quantitative estimate of drug-likeness (QED) is 0.442. The monoisotopic (exact) mass is 473 g/mol. The molecule has 10 nitrogen and oxygen atoms in total. The van der Waals surface area contributed by atoms with Gasteiger partial charge in [-0.05, 0) is 53.5 Å². The summed E-state index contributed by atoms with van der Waals surface area (Å²) in [6.07, 6.45) is -1.19. The maximum atomic E-state index is 13.6. The number of hydrogen-bond acceptors (Lipinski definition) is 6. The summed E-state index contributed by atoms with van der Waals surface area (Å²) >= 11 is 0. The Labute approximate surface area is 200 Å². The maximum Gasteiger partial charge on any atom is 0.408 e. The predicted molar refractivity (Wildman–Crippen MR) is 126 cm³/mol. The van der Waals surface area contributed by atoms with Crippen molar-refractivity contribution in [1.82, 2.24) is 15.5 Å². The molecule has 0 bridgehead atoms. The SMILES string of the molecule is Cc1ccc(C(C(=O)NC(C)C)N(CC#N)C(=O)C(CCC(N)=O)NC(=O)OC(C)(C)C)cc1. The van der Waals surface area contributed by atoms with Crippen LogP contribution < -0.4 is 16.4 Å². The number of nitrogens with zero attached hydrogens (tertiary/aromatic N) is 2. The summed E-state index contributed by atoms with van der Waals surface area (Å²) in [6, 6.07) is 6.33. The van der Waals surface area contributed by atoms with Crippen LogP contribution in [0.3, 0.4) is 0 Å². The summed E-state index contributed by atoms with van der Waals surface area (Å²) in [5.41, 5.74) is 5.88. The maximum absolute atomic E-state index is 13.6. The van der Waals surface area contributed by atoms with Gasteiger partial charge < -0.3 is 26.0 Å². The van der Waals surface area contributed by atoms with Crippen molar-refractivity contribution in [1.29, 1.82) is 5.26 Å². The molecule has 10 heteroatoms. The minimum Gasteiger partial charge on any atom is -0.444 e. The summed E-state index contributed by atoms with van der Waals surface area (Å²) in [5.74, 6) is -1.85. The Hall–Kier alpha value is -3.61. The van der Waals surface area contributed by atoms with E-state index in [1.807, 2.05) is 13.0 Å². The highest BCUT2D eigenvalue weighted by atomic mass is 16.6. The third-order valence-corrected chi connectivity index (χ3v) is 4.58. The van der Waals surface area contributed by atoms with Crippen LogP contribution >= 0.6 is 0 Å². The van der Waals surface area contributed by atoms with E-state index in [-0.39, 0.29) is 18.9 Å². The lowest BCUT2D eigenvalue weighted by Crippen LogP contribution is -2.53. The van der Waals surface area contributed by atoms with Gasteiger partial charge in [0.1, 0.15) is 24.2 Å². The standard InChI is InChI=1S/C24H35N5O5/c1-15(2)27-21(31)20(17-9-7-16(3)8-10-17)29(14-13-25)22(32)18(11-12-19(26)30)28-23(33)34-24(4,5)6/h7-10,15,18,20H,11-12,14H2,1-6H3,(H2,26,30)(H,27,31)(H,28,33). The number of benzene rings is 1. The third kappa shape index (κ3) is 9.48. The second-order valence-electron chi connectivity index (χ2n) is 9.30. The fraction of sp³-hybridized carbons (Fsp3) is 0.542. The van der Waals surface area contributed by atoms with Crippen LogP contribution in [0.5, 0.6) is 0 Å². The van der Waals surface area contributed by atoms with Crippen molar-refractivity contribution in [3.8, 4) is 6.07 Å². The number of rotatable bonds is 10. The first-order valence-corrected chi connectivity index (χ1v) is 11.1. The van der Waals surface area contributed by atoms with Crippen LogP contribution in [0.2, 0.25) is 0 Å². The molecule has 1 rings (SSSR count).